The van der Waals surface area contributed by atoms with Gasteiger partial charge >= 0.3 is 0 Å². The number of aromatic nitrogens is 1. The lowest BCUT2D eigenvalue weighted by atomic mass is 9.96. The van der Waals surface area contributed by atoms with E-state index in [1.165, 1.54) is 24.1 Å². The van der Waals surface area contributed by atoms with E-state index in [4.69, 9.17) is 0 Å². The lowest BCUT2D eigenvalue weighted by molar-refractivity contribution is 0.0870. The van der Waals surface area contributed by atoms with Gasteiger partial charge in [0.2, 0.25) is 0 Å². The first-order valence-electron chi connectivity index (χ1n) is 8.55. The molecule has 2 atom stereocenters. The largest absolute Gasteiger partial charge is 0.311 e. The highest BCUT2D eigenvalue weighted by Crippen LogP contribution is 2.20. The molecule has 1 N–H and O–H groups in total. The molecule has 2 heterocycles. The standard InChI is InChI=1S/C18H31N3/c1-5-8-16-12-21(18(11-20-16)14(3)4)13-17-15(6-2)9-7-10-19-17/h7,9-10,14,16,18,20H,5-6,8,11-13H2,1-4H3. The fourth-order valence-corrected chi connectivity index (χ4v) is 3.41. The third kappa shape index (κ3) is 4.27. The van der Waals surface area contributed by atoms with Crippen LogP contribution in [0.2, 0.25) is 0 Å². The van der Waals surface area contributed by atoms with Crippen LogP contribution in [0.3, 0.4) is 0 Å². The summed E-state index contributed by atoms with van der Waals surface area (Å²) in [7, 11) is 0. The highest BCUT2D eigenvalue weighted by atomic mass is 15.2. The van der Waals surface area contributed by atoms with Crippen molar-refractivity contribution >= 4 is 0 Å². The molecule has 0 aromatic carbocycles. The van der Waals surface area contributed by atoms with Gasteiger partial charge in [0.1, 0.15) is 0 Å². The van der Waals surface area contributed by atoms with Gasteiger partial charge in [0.15, 0.2) is 0 Å². The molecule has 2 unspecified atom stereocenters. The summed E-state index contributed by atoms with van der Waals surface area (Å²) in [5.41, 5.74) is 2.66. The van der Waals surface area contributed by atoms with E-state index < -0.39 is 0 Å². The third-order valence-electron chi connectivity index (χ3n) is 4.66. The zero-order valence-corrected chi connectivity index (χ0v) is 14.1. The maximum atomic E-state index is 4.65. The van der Waals surface area contributed by atoms with E-state index in [0.29, 0.717) is 18.0 Å². The van der Waals surface area contributed by atoms with Crippen molar-refractivity contribution in [1.82, 2.24) is 15.2 Å². The van der Waals surface area contributed by atoms with Crippen LogP contribution in [-0.4, -0.2) is 35.1 Å². The minimum Gasteiger partial charge on any atom is -0.311 e. The molecule has 1 aliphatic rings. The molecule has 0 saturated carbocycles. The van der Waals surface area contributed by atoms with Crippen molar-refractivity contribution in [2.24, 2.45) is 5.92 Å². The predicted molar refractivity (Wildman–Crippen MR) is 89.3 cm³/mol. The van der Waals surface area contributed by atoms with E-state index in [0.717, 1.165) is 26.1 Å². The van der Waals surface area contributed by atoms with Gasteiger partial charge in [-0.05, 0) is 30.4 Å². The Balaban J connectivity index is 2.12. The number of hydrogen-bond donors (Lipinski definition) is 1. The summed E-state index contributed by atoms with van der Waals surface area (Å²) in [6.45, 7) is 12.4. The molecule has 0 bridgehead atoms. The fraction of sp³-hybridized carbons (Fsp3) is 0.722. The van der Waals surface area contributed by atoms with Crippen LogP contribution in [0.4, 0.5) is 0 Å². The minimum atomic E-state index is 0.616. The Morgan fingerprint density at radius 3 is 2.86 bits per heavy atom. The Bertz CT molecular complexity index is 430. The molecule has 1 aromatic rings. The van der Waals surface area contributed by atoms with Gasteiger partial charge in [-0.25, -0.2) is 0 Å². The molecule has 0 spiro atoms. The van der Waals surface area contributed by atoms with Crippen LogP contribution in [0, 0.1) is 5.92 Å². The van der Waals surface area contributed by atoms with Gasteiger partial charge in [-0.1, -0.05) is 40.2 Å². The third-order valence-corrected chi connectivity index (χ3v) is 4.66. The molecular formula is C18H31N3. The van der Waals surface area contributed by atoms with E-state index in [9.17, 15) is 0 Å². The molecular weight excluding hydrogens is 258 g/mol. The first kappa shape index (κ1) is 16.4. The summed E-state index contributed by atoms with van der Waals surface area (Å²) >= 11 is 0. The lowest BCUT2D eigenvalue weighted by Crippen LogP contribution is -2.57. The lowest BCUT2D eigenvalue weighted by Gasteiger charge is -2.42. The van der Waals surface area contributed by atoms with Crippen LogP contribution in [0.15, 0.2) is 18.3 Å². The molecule has 118 valence electrons. The second-order valence-corrected chi connectivity index (χ2v) is 6.60. The molecule has 3 heteroatoms. The fourth-order valence-electron chi connectivity index (χ4n) is 3.41. The van der Waals surface area contributed by atoms with Gasteiger partial charge in [0.25, 0.3) is 0 Å². The zero-order chi connectivity index (χ0) is 15.2. The molecule has 1 aliphatic heterocycles. The summed E-state index contributed by atoms with van der Waals surface area (Å²) in [6, 6.07) is 5.53. The summed E-state index contributed by atoms with van der Waals surface area (Å²) in [5.74, 6) is 0.675. The van der Waals surface area contributed by atoms with E-state index >= 15 is 0 Å². The Labute approximate surface area is 130 Å². The number of rotatable bonds is 6. The highest BCUT2D eigenvalue weighted by Gasteiger charge is 2.29. The summed E-state index contributed by atoms with van der Waals surface area (Å²) < 4.78 is 0. The van der Waals surface area contributed by atoms with Crippen molar-refractivity contribution in [3.05, 3.63) is 29.6 Å². The van der Waals surface area contributed by atoms with Crippen LogP contribution in [0.5, 0.6) is 0 Å². The first-order chi connectivity index (χ1) is 10.2. The number of nitrogens with zero attached hydrogens (tertiary/aromatic N) is 2. The molecule has 3 nitrogen and oxygen atoms in total. The molecule has 0 aliphatic carbocycles. The average molecular weight is 289 g/mol. The average Bonchev–Trinajstić information content (AvgIpc) is 2.48. The second kappa shape index (κ2) is 7.90. The topological polar surface area (TPSA) is 28.2 Å². The summed E-state index contributed by atoms with van der Waals surface area (Å²) in [4.78, 5) is 7.30. The van der Waals surface area contributed by atoms with Gasteiger partial charge in [0, 0.05) is 37.9 Å². The summed E-state index contributed by atoms with van der Waals surface area (Å²) in [5, 5.41) is 3.73. The minimum absolute atomic E-state index is 0.616. The van der Waals surface area contributed by atoms with Gasteiger partial charge in [-0.15, -0.1) is 0 Å². The molecule has 1 saturated heterocycles. The van der Waals surface area contributed by atoms with Gasteiger partial charge in [0.05, 0.1) is 5.69 Å². The monoisotopic (exact) mass is 289 g/mol. The van der Waals surface area contributed by atoms with E-state index in [1.54, 1.807) is 0 Å². The maximum Gasteiger partial charge on any atom is 0.0575 e. The van der Waals surface area contributed by atoms with Gasteiger partial charge < -0.3 is 5.32 Å². The van der Waals surface area contributed by atoms with Crippen molar-refractivity contribution in [3.63, 3.8) is 0 Å². The Morgan fingerprint density at radius 1 is 1.38 bits per heavy atom. The smallest absolute Gasteiger partial charge is 0.0575 e. The number of piperazine rings is 1. The van der Waals surface area contributed by atoms with Crippen molar-refractivity contribution in [2.45, 2.75) is 65.6 Å². The van der Waals surface area contributed by atoms with E-state index in [1.807, 2.05) is 6.20 Å². The number of hydrogen-bond acceptors (Lipinski definition) is 3. The zero-order valence-electron chi connectivity index (χ0n) is 14.1. The molecule has 2 rings (SSSR count). The van der Waals surface area contributed by atoms with Crippen LogP contribution < -0.4 is 5.32 Å². The van der Waals surface area contributed by atoms with E-state index in [2.05, 4.69) is 55.0 Å². The quantitative estimate of drug-likeness (QED) is 0.871. The van der Waals surface area contributed by atoms with Crippen LogP contribution in [0.1, 0.15) is 51.8 Å². The number of nitrogens with one attached hydrogen (secondary N) is 1. The molecule has 0 amide bonds. The Hall–Kier alpha value is -0.930. The first-order valence-corrected chi connectivity index (χ1v) is 8.55. The second-order valence-electron chi connectivity index (χ2n) is 6.60. The Morgan fingerprint density at radius 2 is 2.19 bits per heavy atom. The van der Waals surface area contributed by atoms with Crippen molar-refractivity contribution in [1.29, 1.82) is 0 Å². The number of pyridine rings is 1. The highest BCUT2D eigenvalue weighted by molar-refractivity contribution is 5.19. The van der Waals surface area contributed by atoms with Crippen molar-refractivity contribution in [2.75, 3.05) is 13.1 Å². The van der Waals surface area contributed by atoms with Gasteiger partial charge in [-0.2, -0.15) is 0 Å². The van der Waals surface area contributed by atoms with E-state index in [-0.39, 0.29) is 0 Å². The van der Waals surface area contributed by atoms with Crippen LogP contribution in [0.25, 0.3) is 0 Å². The maximum absolute atomic E-state index is 4.65. The van der Waals surface area contributed by atoms with Crippen molar-refractivity contribution in [3.8, 4) is 0 Å². The summed E-state index contributed by atoms with van der Waals surface area (Å²) in [6.07, 6.45) is 5.52. The van der Waals surface area contributed by atoms with Crippen LogP contribution >= 0.6 is 0 Å². The molecule has 0 radical (unpaired) electrons. The Kier molecular flexibility index (Phi) is 6.19. The molecule has 21 heavy (non-hydrogen) atoms. The van der Waals surface area contributed by atoms with Crippen LogP contribution in [-0.2, 0) is 13.0 Å². The number of aryl methyl sites for hydroxylation is 1. The SMILES string of the molecule is CCCC1CN(Cc2ncccc2CC)C(C(C)C)CN1. The molecule has 1 aromatic heterocycles. The molecule has 1 fully saturated rings. The predicted octanol–water partition coefficient (Wildman–Crippen LogP) is 3.24. The normalized spacial score (nSPS) is 23.7. The van der Waals surface area contributed by atoms with Crippen molar-refractivity contribution < 1.29 is 0 Å². The van der Waals surface area contributed by atoms with Gasteiger partial charge in [-0.3, -0.25) is 9.88 Å².